The molecule has 0 unspecified atom stereocenters. The van der Waals surface area contributed by atoms with E-state index in [9.17, 15) is 33.9 Å². The maximum absolute atomic E-state index is 12.5. The summed E-state index contributed by atoms with van der Waals surface area (Å²) in [5.41, 5.74) is 4.21. The SMILES string of the molecule is CC(=O)OI1(C)(OC(C)=O)OC(=O)c2ccccc21.COc1ccc(CO[C@@H]2C[C@@H](CC=O)N(C(=O)OCc3ccccc3)C2)cc1.COc1ccc(CO[C@@H]2C[C@@H](CCO)N(C(=O)OCc3ccccc3)C2)cc1. The summed E-state index contributed by atoms with van der Waals surface area (Å²) in [6.07, 6.45) is 1.97. The molecular weight excluding hydrogens is 1080 g/mol. The fraction of sp³-hybridized carbons (Fsp3) is 0.357. The summed E-state index contributed by atoms with van der Waals surface area (Å²) in [6.45, 7) is 4.62. The quantitative estimate of drug-likeness (QED) is 0.0492. The molecule has 0 aliphatic carbocycles. The van der Waals surface area contributed by atoms with Crippen molar-refractivity contribution >= 4 is 54.7 Å². The Morgan fingerprint density at radius 3 is 1.48 bits per heavy atom. The number of aldehydes is 1. The van der Waals surface area contributed by atoms with Gasteiger partial charge in [-0.3, -0.25) is 0 Å². The predicted octanol–water partition coefficient (Wildman–Crippen LogP) is 9.06. The van der Waals surface area contributed by atoms with Crippen molar-refractivity contribution in [3.05, 3.63) is 165 Å². The first-order valence-corrected chi connectivity index (χ1v) is 30.1. The van der Waals surface area contributed by atoms with Gasteiger partial charge in [0.25, 0.3) is 0 Å². The van der Waals surface area contributed by atoms with Gasteiger partial charge in [0.05, 0.1) is 52.7 Å². The number of fused-ring (bicyclic) bond motifs is 1. The number of carbonyl (C=O) groups is 6. The van der Waals surface area contributed by atoms with Gasteiger partial charge >= 0.3 is 124 Å². The smallest absolute Gasteiger partial charge is 0.410 e. The van der Waals surface area contributed by atoms with E-state index in [0.29, 0.717) is 49.1 Å². The second-order valence-electron chi connectivity index (χ2n) is 17.7. The van der Waals surface area contributed by atoms with Gasteiger partial charge in [-0.15, -0.1) is 0 Å². The van der Waals surface area contributed by atoms with Gasteiger partial charge in [0.2, 0.25) is 0 Å². The molecule has 5 aromatic carbocycles. The van der Waals surface area contributed by atoms with E-state index in [1.165, 1.54) is 18.8 Å². The van der Waals surface area contributed by atoms with E-state index in [0.717, 1.165) is 40.0 Å². The van der Waals surface area contributed by atoms with Crippen LogP contribution in [0.15, 0.2) is 133 Å². The molecule has 5 aromatic rings. The standard InChI is InChI=1S/C22H27NO5.C22H25NO5.C12H13IO6/c2*1-26-20-9-7-18(8-10-20)15-27-21-13-19(11-12-24)23(14-21)22(25)28-16-17-5-3-2-4-6-17;1-8(14)17-13(3,18-9(2)15)11-7-5-4-6-10(11)12(16)19-13/h2-10,19,21,24H,11-16H2,1H3;2-10,12,19,21H,11,13-16H2,1H3;4-7H,1-3H3/t2*19-,21-;/m11./s1. The van der Waals surface area contributed by atoms with Gasteiger partial charge < -0.3 is 48.1 Å². The van der Waals surface area contributed by atoms with Gasteiger partial charge in [0.15, 0.2) is 0 Å². The first kappa shape index (κ1) is 57.2. The second-order valence-corrected chi connectivity index (χ2v) is 26.3. The summed E-state index contributed by atoms with van der Waals surface area (Å²) in [5.74, 6) is -0.373. The van der Waals surface area contributed by atoms with Crippen molar-refractivity contribution in [3.8, 4) is 11.5 Å². The summed E-state index contributed by atoms with van der Waals surface area (Å²) < 4.78 is 49.3. The van der Waals surface area contributed by atoms with Crippen LogP contribution in [-0.4, -0.2) is 114 Å². The van der Waals surface area contributed by atoms with Crippen molar-refractivity contribution in [2.75, 3.05) is 38.8 Å². The van der Waals surface area contributed by atoms with Crippen LogP contribution in [0.5, 0.6) is 11.5 Å². The number of aliphatic hydroxyl groups excluding tert-OH is 1. The number of alkyl halides is 1. The van der Waals surface area contributed by atoms with Crippen LogP contribution in [0.4, 0.5) is 9.59 Å². The van der Waals surface area contributed by atoms with E-state index in [1.807, 2.05) is 109 Å². The second kappa shape index (κ2) is 27.5. The number of hydrogen-bond acceptors (Lipinski definition) is 16. The summed E-state index contributed by atoms with van der Waals surface area (Å²) >= 11 is -5.01. The Balaban J connectivity index is 0.000000187. The molecule has 8 rings (SSSR count). The summed E-state index contributed by atoms with van der Waals surface area (Å²) in [4.78, 5) is 75.4. The van der Waals surface area contributed by atoms with Crippen LogP contribution >= 0.6 is 18.3 Å². The van der Waals surface area contributed by atoms with E-state index in [2.05, 4.69) is 0 Å². The van der Waals surface area contributed by atoms with Crippen molar-refractivity contribution in [1.82, 2.24) is 9.80 Å². The molecule has 75 heavy (non-hydrogen) atoms. The first-order chi connectivity index (χ1) is 36.1. The van der Waals surface area contributed by atoms with Crippen molar-refractivity contribution in [2.24, 2.45) is 0 Å². The molecule has 0 aromatic heterocycles. The Bertz CT molecular complexity index is 2650. The number of benzene rings is 5. The first-order valence-electron chi connectivity index (χ1n) is 24.2. The molecule has 4 atom stereocenters. The van der Waals surface area contributed by atoms with E-state index in [1.54, 1.807) is 48.3 Å². The molecule has 1 N–H and O–H groups in total. The van der Waals surface area contributed by atoms with Crippen LogP contribution in [0.25, 0.3) is 0 Å². The van der Waals surface area contributed by atoms with Crippen molar-refractivity contribution in [3.63, 3.8) is 0 Å². The Hall–Kier alpha value is -7.07. The Morgan fingerprint density at radius 1 is 0.613 bits per heavy atom. The summed E-state index contributed by atoms with van der Waals surface area (Å²) in [5, 5.41) is 9.35. The molecule has 2 amide bonds. The normalized spacial score (nSPS) is 19.2. The van der Waals surface area contributed by atoms with Crippen molar-refractivity contribution in [2.45, 2.75) is 90.2 Å². The number of likely N-dealkylation sites (tertiary alicyclic amines) is 2. The maximum atomic E-state index is 12.5. The number of ether oxygens (including phenoxy) is 6. The van der Waals surface area contributed by atoms with E-state index >= 15 is 0 Å². The fourth-order valence-corrected chi connectivity index (χ4v) is 16.3. The zero-order valence-corrected chi connectivity index (χ0v) is 44.9. The number of amides is 2. The van der Waals surface area contributed by atoms with Crippen LogP contribution in [0.1, 0.15) is 72.1 Å². The molecule has 18 nitrogen and oxygen atoms in total. The fourth-order valence-electron chi connectivity index (χ4n) is 8.54. The van der Waals surface area contributed by atoms with Crippen molar-refractivity contribution < 1.29 is 71.5 Å². The van der Waals surface area contributed by atoms with E-state index in [4.69, 9.17) is 37.6 Å². The number of aliphatic hydroxyl groups is 1. The monoisotopic (exact) mass is 1150 g/mol. The van der Waals surface area contributed by atoms with Crippen LogP contribution < -0.4 is 9.47 Å². The third kappa shape index (κ3) is 16.2. The van der Waals surface area contributed by atoms with E-state index < -0.39 is 42.3 Å². The Morgan fingerprint density at radius 2 is 1.04 bits per heavy atom. The molecule has 3 aliphatic rings. The van der Waals surface area contributed by atoms with E-state index in [-0.39, 0.29) is 62.2 Å². The number of halogens is 1. The van der Waals surface area contributed by atoms with Crippen LogP contribution in [0.3, 0.4) is 0 Å². The minimum absolute atomic E-state index is 0.0261. The number of rotatable bonds is 18. The average molecular weight is 1150 g/mol. The average Bonchev–Trinajstić information content (AvgIpc) is 4.13. The molecule has 19 heteroatoms. The molecule has 0 radical (unpaired) electrons. The van der Waals surface area contributed by atoms with Crippen LogP contribution in [0.2, 0.25) is 0 Å². The zero-order chi connectivity index (χ0) is 53.8. The number of methoxy groups -OCH3 is 2. The predicted molar refractivity (Wildman–Crippen MR) is 283 cm³/mol. The van der Waals surface area contributed by atoms with Crippen molar-refractivity contribution in [1.29, 1.82) is 0 Å². The topological polar surface area (TPSA) is 212 Å². The van der Waals surface area contributed by atoms with Gasteiger partial charge in [-0.2, -0.15) is 0 Å². The number of nitrogens with zero attached hydrogens (tertiary/aromatic N) is 2. The maximum Gasteiger partial charge on any atom is 0.410 e. The van der Waals surface area contributed by atoms with Gasteiger partial charge in [-0.25, -0.2) is 9.59 Å². The Kier molecular flexibility index (Phi) is 20.9. The van der Waals surface area contributed by atoms with Gasteiger partial charge in [-0.05, 0) is 65.8 Å². The molecule has 3 aliphatic heterocycles. The molecular formula is C56H65IN2O16. The number of carbonyl (C=O) groups excluding carboxylic acids is 6. The molecule has 3 heterocycles. The third-order valence-corrected chi connectivity index (χ3v) is 20.3. The minimum Gasteiger partial charge on any atom is -0.497 e. The molecule has 2 fully saturated rings. The molecule has 0 spiro atoms. The van der Waals surface area contributed by atoms with Gasteiger partial charge in [-0.1, -0.05) is 84.9 Å². The Labute approximate surface area is 439 Å². The van der Waals surface area contributed by atoms with Crippen LogP contribution in [0, 0.1) is 3.57 Å². The molecule has 0 bridgehead atoms. The van der Waals surface area contributed by atoms with Gasteiger partial charge in [0.1, 0.15) is 31.0 Å². The molecule has 0 saturated carbocycles. The summed E-state index contributed by atoms with van der Waals surface area (Å²) in [7, 11) is 3.26. The van der Waals surface area contributed by atoms with Gasteiger partial charge in [0, 0.05) is 25.1 Å². The minimum atomic E-state index is -5.01. The third-order valence-electron chi connectivity index (χ3n) is 12.1. The number of hydrogen-bond donors (Lipinski definition) is 1. The summed E-state index contributed by atoms with van der Waals surface area (Å²) in [6, 6.07) is 40.7. The molecule has 2 saturated heterocycles. The van der Waals surface area contributed by atoms with Crippen LogP contribution in [-0.2, 0) is 69.0 Å². The largest absolute Gasteiger partial charge is 0.497 e. The molecule has 402 valence electrons. The zero-order valence-electron chi connectivity index (χ0n) is 42.7.